The summed E-state index contributed by atoms with van der Waals surface area (Å²) in [6.45, 7) is 8.35. The first-order chi connectivity index (χ1) is 22.5. The largest absolute Gasteiger partial charge is 0.466 e. The van der Waals surface area contributed by atoms with Gasteiger partial charge in [0.15, 0.2) is 0 Å². The monoisotopic (exact) mass is 649 g/mol. The molecule has 1 aliphatic heterocycles. The topological polar surface area (TPSA) is 136 Å². The molecule has 2 N–H and O–H groups in total. The van der Waals surface area contributed by atoms with Gasteiger partial charge >= 0.3 is 18.2 Å². The summed E-state index contributed by atoms with van der Waals surface area (Å²) in [6.07, 6.45) is 2.24. The van der Waals surface area contributed by atoms with Crippen LogP contribution >= 0.6 is 0 Å². The van der Waals surface area contributed by atoms with Gasteiger partial charge in [0.2, 0.25) is 5.91 Å². The Bertz CT molecular complexity index is 1500. The fraction of sp³-hybridized carbons (Fsp3) is 0.500. The lowest BCUT2D eigenvalue weighted by Gasteiger charge is -2.30. The Morgan fingerprint density at radius 3 is 2.49 bits per heavy atom. The second kappa shape index (κ2) is 16.9. The number of rotatable bonds is 14. The predicted molar refractivity (Wildman–Crippen MR) is 177 cm³/mol. The minimum Gasteiger partial charge on any atom is -0.466 e. The van der Waals surface area contributed by atoms with Crippen molar-refractivity contribution < 1.29 is 37.8 Å². The molecular weight excluding hydrogens is 602 g/mol. The number of amides is 3. The standard InChI is InChI=1S/C36H47N3O8/c1-5-44-32(40)20-19-31-28(27-16-9-10-18-30(27)46-31)23-26-15-12-22-39(26)33(41)29(38-35(43)47-36(2,3)4)17-11-21-37-34(42)45-24-25-13-7-6-8-14-25/h6-10,13-14,16,18,26,29H,5,11-12,15,17,19-24H2,1-4H3,(H,37,42)(H,38,43)/t26-,29-/m0/s1. The minimum absolute atomic E-state index is 0.126. The predicted octanol–water partition coefficient (Wildman–Crippen LogP) is 6.06. The van der Waals surface area contributed by atoms with Crippen molar-refractivity contribution in [3.63, 3.8) is 0 Å². The average Bonchev–Trinajstić information content (AvgIpc) is 3.64. The van der Waals surface area contributed by atoms with Gasteiger partial charge in [-0.05, 0) is 71.4 Å². The molecule has 254 valence electrons. The van der Waals surface area contributed by atoms with Gasteiger partial charge in [-0.3, -0.25) is 9.59 Å². The van der Waals surface area contributed by atoms with Crippen molar-refractivity contribution in [1.82, 2.24) is 15.5 Å². The number of para-hydroxylation sites is 1. The summed E-state index contributed by atoms with van der Waals surface area (Å²) in [5.74, 6) is 0.227. The van der Waals surface area contributed by atoms with Crippen LogP contribution in [0.1, 0.15) is 76.7 Å². The molecular formula is C36H47N3O8. The average molecular weight is 650 g/mol. The number of alkyl carbamates (subject to hydrolysis) is 2. The molecule has 2 aromatic carbocycles. The van der Waals surface area contributed by atoms with Crippen LogP contribution in [0.4, 0.5) is 9.59 Å². The number of benzene rings is 2. The molecule has 1 aromatic heterocycles. The van der Waals surface area contributed by atoms with Crippen LogP contribution < -0.4 is 10.6 Å². The van der Waals surface area contributed by atoms with Crippen LogP contribution in [0.15, 0.2) is 59.0 Å². The molecule has 11 nitrogen and oxygen atoms in total. The number of hydrogen-bond acceptors (Lipinski definition) is 8. The number of fused-ring (bicyclic) bond motifs is 1. The number of nitrogens with zero attached hydrogens (tertiary/aromatic N) is 1. The third-order valence-corrected chi connectivity index (χ3v) is 7.88. The molecule has 3 amide bonds. The van der Waals surface area contributed by atoms with Crippen molar-refractivity contribution in [2.24, 2.45) is 0 Å². The number of carbonyl (C=O) groups is 4. The van der Waals surface area contributed by atoms with E-state index in [9.17, 15) is 19.2 Å². The number of aryl methyl sites for hydroxylation is 1. The fourth-order valence-corrected chi connectivity index (χ4v) is 5.78. The highest BCUT2D eigenvalue weighted by molar-refractivity contribution is 5.87. The van der Waals surface area contributed by atoms with E-state index in [0.29, 0.717) is 44.6 Å². The highest BCUT2D eigenvalue weighted by atomic mass is 16.6. The van der Waals surface area contributed by atoms with Crippen LogP contribution in [-0.2, 0) is 43.2 Å². The maximum absolute atomic E-state index is 14.1. The van der Waals surface area contributed by atoms with Crippen molar-refractivity contribution in [2.75, 3.05) is 19.7 Å². The molecule has 4 rings (SSSR count). The van der Waals surface area contributed by atoms with Gasteiger partial charge in [0, 0.05) is 36.5 Å². The molecule has 2 atom stereocenters. The van der Waals surface area contributed by atoms with Crippen molar-refractivity contribution in [1.29, 1.82) is 0 Å². The van der Waals surface area contributed by atoms with E-state index in [1.165, 1.54) is 0 Å². The number of nitrogens with one attached hydrogen (secondary N) is 2. The number of furan rings is 1. The normalized spacial score (nSPS) is 15.2. The Morgan fingerprint density at radius 1 is 1.00 bits per heavy atom. The second-order valence-corrected chi connectivity index (χ2v) is 12.7. The van der Waals surface area contributed by atoms with E-state index >= 15 is 0 Å². The SMILES string of the molecule is CCOC(=O)CCc1oc2ccccc2c1C[C@@H]1CCCN1C(=O)[C@H](CCCNC(=O)OCc1ccccc1)NC(=O)OC(C)(C)C. The number of ether oxygens (including phenoxy) is 3. The van der Waals surface area contributed by atoms with Crippen molar-refractivity contribution >= 4 is 35.0 Å². The molecule has 47 heavy (non-hydrogen) atoms. The first-order valence-electron chi connectivity index (χ1n) is 16.4. The third kappa shape index (κ3) is 10.8. The summed E-state index contributed by atoms with van der Waals surface area (Å²) in [5.41, 5.74) is 1.85. The van der Waals surface area contributed by atoms with E-state index in [-0.39, 0.29) is 37.5 Å². The van der Waals surface area contributed by atoms with Gasteiger partial charge in [0.1, 0.15) is 29.6 Å². The van der Waals surface area contributed by atoms with Crippen LogP contribution in [0, 0.1) is 0 Å². The van der Waals surface area contributed by atoms with Crippen molar-refractivity contribution in [3.8, 4) is 0 Å². The summed E-state index contributed by atoms with van der Waals surface area (Å²) < 4.78 is 22.1. The number of likely N-dealkylation sites (tertiary alicyclic amines) is 1. The van der Waals surface area contributed by atoms with Crippen LogP contribution in [0.25, 0.3) is 11.0 Å². The van der Waals surface area contributed by atoms with Crippen LogP contribution in [0.3, 0.4) is 0 Å². The highest BCUT2D eigenvalue weighted by Crippen LogP contribution is 2.32. The summed E-state index contributed by atoms with van der Waals surface area (Å²) in [4.78, 5) is 53.1. The van der Waals surface area contributed by atoms with Gasteiger partial charge < -0.3 is 34.2 Å². The van der Waals surface area contributed by atoms with Gasteiger partial charge in [-0.1, -0.05) is 48.5 Å². The van der Waals surface area contributed by atoms with Gasteiger partial charge in [0.25, 0.3) is 0 Å². The number of hydrogen-bond donors (Lipinski definition) is 2. The maximum atomic E-state index is 14.1. The lowest BCUT2D eigenvalue weighted by Crippen LogP contribution is -2.51. The Morgan fingerprint density at radius 2 is 1.74 bits per heavy atom. The Balaban J connectivity index is 1.42. The van der Waals surface area contributed by atoms with Gasteiger partial charge in [-0.2, -0.15) is 0 Å². The van der Waals surface area contributed by atoms with E-state index in [4.69, 9.17) is 18.6 Å². The first kappa shape index (κ1) is 35.3. The molecule has 11 heteroatoms. The smallest absolute Gasteiger partial charge is 0.408 e. The lowest BCUT2D eigenvalue weighted by molar-refractivity contribution is -0.143. The Hall–Kier alpha value is -4.54. The molecule has 1 saturated heterocycles. The summed E-state index contributed by atoms with van der Waals surface area (Å²) in [7, 11) is 0. The van der Waals surface area contributed by atoms with Crippen LogP contribution in [0.5, 0.6) is 0 Å². The lowest BCUT2D eigenvalue weighted by atomic mass is 9.98. The first-order valence-corrected chi connectivity index (χ1v) is 16.4. The molecule has 0 radical (unpaired) electrons. The Kier molecular flexibility index (Phi) is 12.7. The molecule has 0 saturated carbocycles. The van der Waals surface area contributed by atoms with E-state index in [1.807, 2.05) is 59.5 Å². The molecule has 0 bridgehead atoms. The molecule has 3 aromatic rings. The minimum atomic E-state index is -0.850. The quantitative estimate of drug-likeness (QED) is 0.122. The second-order valence-electron chi connectivity index (χ2n) is 12.7. The van der Waals surface area contributed by atoms with E-state index < -0.39 is 23.8 Å². The van der Waals surface area contributed by atoms with E-state index in [0.717, 1.165) is 34.9 Å². The van der Waals surface area contributed by atoms with E-state index in [1.54, 1.807) is 27.7 Å². The van der Waals surface area contributed by atoms with Gasteiger partial charge in [0.05, 0.1) is 13.0 Å². The molecule has 1 fully saturated rings. The van der Waals surface area contributed by atoms with Gasteiger partial charge in [-0.25, -0.2) is 9.59 Å². The molecule has 1 aliphatic rings. The summed E-state index contributed by atoms with van der Waals surface area (Å²) in [6, 6.07) is 16.1. The van der Waals surface area contributed by atoms with Crippen LogP contribution in [0.2, 0.25) is 0 Å². The third-order valence-electron chi connectivity index (χ3n) is 7.88. The van der Waals surface area contributed by atoms with Crippen LogP contribution in [-0.4, -0.2) is 66.3 Å². The highest BCUT2D eigenvalue weighted by Gasteiger charge is 2.35. The maximum Gasteiger partial charge on any atom is 0.408 e. The zero-order valence-electron chi connectivity index (χ0n) is 27.8. The summed E-state index contributed by atoms with van der Waals surface area (Å²) >= 11 is 0. The molecule has 0 aliphatic carbocycles. The number of esters is 1. The molecule has 0 spiro atoms. The Labute approximate surface area is 276 Å². The van der Waals surface area contributed by atoms with Gasteiger partial charge in [-0.15, -0.1) is 0 Å². The zero-order valence-corrected chi connectivity index (χ0v) is 27.8. The van der Waals surface area contributed by atoms with Crippen molar-refractivity contribution in [2.45, 2.75) is 96.9 Å². The number of carbonyl (C=O) groups excluding carboxylic acids is 4. The summed E-state index contributed by atoms with van der Waals surface area (Å²) in [5, 5.41) is 6.47. The van der Waals surface area contributed by atoms with Crippen molar-refractivity contribution in [3.05, 3.63) is 71.5 Å². The van der Waals surface area contributed by atoms with E-state index in [2.05, 4.69) is 10.6 Å². The zero-order chi connectivity index (χ0) is 33.8. The fourth-order valence-electron chi connectivity index (χ4n) is 5.78. The molecule has 2 heterocycles. The molecule has 0 unspecified atom stereocenters.